The standard InChI is InChI=1S/C34H45F3N12O25P4/c1-46-12-49(27-19(46)28(54)45-32(39)44-27)29-20(51)13(4-6-65-34(35,36)37)14(69-29)7-67-76(58,59)73-78(62,63)74-77(60,61)68-9-16-23(24(64-2)31(71-16)48-11-42-18-25(38)40-10-41-26(18)48)72-75(56,57)66-8-15-21(52)22(53)30(70-15)47-5-3-17(50)43-33(47)55/h3,5,10-16,20-24,29-31,51-53H,4,6-9H2,1-2H3,(H9-,38,39,40,41,43,44,45,50,54,55,56,57,58,59,60,61,62,63)/t13-,14-,15-,16-,20-,21-,22-,23-,24-,29-,30-,31-/m1/s1. The highest BCUT2D eigenvalue weighted by atomic mass is 31.3. The first-order valence-corrected chi connectivity index (χ1v) is 27.9. The van der Waals surface area contributed by atoms with Gasteiger partial charge in [0.15, 0.2) is 30.2 Å². The molecule has 5 aromatic heterocycles. The minimum Gasteiger partial charge on any atom is -0.756 e. The summed E-state index contributed by atoms with van der Waals surface area (Å²) in [6.07, 6.45) is -21.0. The molecule has 5 aromatic rings. The Hall–Kier alpha value is -4.83. The van der Waals surface area contributed by atoms with Crippen molar-refractivity contribution in [3.63, 3.8) is 0 Å². The molecule has 3 saturated heterocycles. The summed E-state index contributed by atoms with van der Waals surface area (Å²) in [4.78, 5) is 102. The monoisotopic (exact) mass is 1200 g/mol. The summed E-state index contributed by atoms with van der Waals surface area (Å²) in [6, 6.07) is 0.894. The molecule has 3 fully saturated rings. The minimum absolute atomic E-state index is 0.00186. The molecule has 44 heteroatoms. The zero-order valence-electron chi connectivity index (χ0n) is 39.4. The Morgan fingerprint density at radius 3 is 2.14 bits per heavy atom. The highest BCUT2D eigenvalue weighted by Gasteiger charge is 2.53. The van der Waals surface area contributed by atoms with E-state index in [2.05, 4.69) is 38.3 Å². The lowest BCUT2D eigenvalue weighted by Crippen LogP contribution is -2.45. The van der Waals surface area contributed by atoms with Gasteiger partial charge in [-0.25, -0.2) is 38.0 Å². The lowest BCUT2D eigenvalue weighted by atomic mass is 9.95. The molecule has 37 nitrogen and oxygen atoms in total. The van der Waals surface area contributed by atoms with Crippen LogP contribution in [0.25, 0.3) is 22.3 Å². The number of hydrogen-bond donors (Lipinski definition) is 10. The molecule has 0 spiro atoms. The van der Waals surface area contributed by atoms with Gasteiger partial charge in [0.2, 0.25) is 11.7 Å². The first-order chi connectivity index (χ1) is 36.4. The van der Waals surface area contributed by atoms with Gasteiger partial charge < -0.3 is 74.4 Å². The lowest BCUT2D eigenvalue weighted by Gasteiger charge is -2.31. The topological polar surface area (TPSA) is 519 Å². The number of imidazole rings is 2. The first-order valence-electron chi connectivity index (χ1n) is 22.0. The number of nitrogens with two attached hydrogens (primary N) is 2. The zero-order valence-corrected chi connectivity index (χ0v) is 43.0. The summed E-state index contributed by atoms with van der Waals surface area (Å²) >= 11 is 0. The number of nitrogens with one attached hydrogen (secondary N) is 2. The van der Waals surface area contributed by atoms with Gasteiger partial charge in [0.25, 0.3) is 24.9 Å². The molecule has 3 aliphatic heterocycles. The molecule has 0 aromatic carbocycles. The Morgan fingerprint density at radius 1 is 0.833 bits per heavy atom. The smallest absolute Gasteiger partial charge is 0.522 e. The van der Waals surface area contributed by atoms with E-state index in [1.165, 1.54) is 17.9 Å². The minimum atomic E-state index is -6.33. The number of phosphoric ester groups is 3. The number of nitrogen functional groups attached to an aromatic ring is 2. The van der Waals surface area contributed by atoms with Crippen molar-refractivity contribution in [1.29, 1.82) is 0 Å². The molecule has 4 unspecified atom stereocenters. The average molecular weight is 1200 g/mol. The lowest BCUT2D eigenvalue weighted by molar-refractivity contribution is -0.745. The summed E-state index contributed by atoms with van der Waals surface area (Å²) in [7, 11) is -21.7. The maximum Gasteiger partial charge on any atom is 0.522 e. The molecular formula is C34H45F3N12O25P4. The summed E-state index contributed by atoms with van der Waals surface area (Å²) in [6.45, 7) is -4.81. The molecule has 16 atom stereocenters. The largest absolute Gasteiger partial charge is 0.756 e. The second-order valence-electron chi connectivity index (χ2n) is 16.9. The number of halogens is 3. The van der Waals surface area contributed by atoms with Gasteiger partial charge in [0, 0.05) is 25.3 Å². The number of aryl methyl sites for hydroxylation is 1. The van der Waals surface area contributed by atoms with Crippen molar-refractivity contribution >= 4 is 65.4 Å². The SMILES string of the molecule is CO[C@@H]1[C@H](OP(=O)([O-])OC[C@H]2O[C@@H](n3ccc(=O)[nH]c3=O)[C@H](O)[C@@H]2O)[C@@H](COP(=O)(O)OP(=O)(O)OP(=O)(O)OC[C@H]2O[C@@H]([n+]3cn(C)c4c(=O)[nH]c(N)nc43)[C@H](O)[C@@H]2CCOC(F)(F)F)O[C@H]1n1cnc2c(N)ncnc21. The molecule has 3 aliphatic rings. The van der Waals surface area contributed by atoms with Crippen LogP contribution in [0.1, 0.15) is 25.1 Å². The van der Waals surface area contributed by atoms with Crippen LogP contribution in [-0.4, -0.2) is 162 Å². The fourth-order valence-corrected chi connectivity index (χ4v) is 13.0. The average Bonchev–Trinajstić information content (AvgIpc) is 4.21. The van der Waals surface area contributed by atoms with E-state index in [-0.39, 0.29) is 34.1 Å². The molecule has 0 aliphatic carbocycles. The van der Waals surface area contributed by atoms with Crippen LogP contribution in [0.4, 0.5) is 24.9 Å². The Morgan fingerprint density at radius 2 is 1.49 bits per heavy atom. The number of methoxy groups -OCH3 is 1. The van der Waals surface area contributed by atoms with Crippen LogP contribution in [0, 0.1) is 5.92 Å². The predicted octanol–water partition coefficient (Wildman–Crippen LogP) is -3.33. The van der Waals surface area contributed by atoms with Crippen molar-refractivity contribution in [2.24, 2.45) is 13.0 Å². The van der Waals surface area contributed by atoms with Crippen LogP contribution < -0.4 is 37.7 Å². The number of phosphoric acid groups is 4. The quantitative estimate of drug-likeness (QED) is 0.0239. The number of hydrogen-bond acceptors (Lipinski definition) is 28. The number of aromatic amines is 2. The van der Waals surface area contributed by atoms with Gasteiger partial charge in [-0.2, -0.15) is 8.62 Å². The van der Waals surface area contributed by atoms with Crippen LogP contribution in [-0.2, 0) is 75.7 Å². The Bertz CT molecular complexity index is 3400. The Kier molecular flexibility index (Phi) is 17.2. The molecule has 432 valence electrons. The number of aromatic nitrogens is 10. The maximum atomic E-state index is 13.5. The van der Waals surface area contributed by atoms with Crippen molar-refractivity contribution < 1.29 is 121 Å². The molecule has 12 N–H and O–H groups in total. The van der Waals surface area contributed by atoms with Crippen LogP contribution in [0.2, 0.25) is 0 Å². The number of alkyl halides is 3. The summed E-state index contributed by atoms with van der Waals surface area (Å²) in [5.74, 6) is -1.99. The van der Waals surface area contributed by atoms with Gasteiger partial charge in [0.1, 0.15) is 54.6 Å². The Labute approximate surface area is 430 Å². The van der Waals surface area contributed by atoms with E-state index in [9.17, 15) is 80.7 Å². The van der Waals surface area contributed by atoms with Gasteiger partial charge in [-0.1, -0.05) is 4.98 Å². The predicted molar refractivity (Wildman–Crippen MR) is 240 cm³/mol. The van der Waals surface area contributed by atoms with Crippen molar-refractivity contribution in [1.82, 2.24) is 43.6 Å². The van der Waals surface area contributed by atoms with Gasteiger partial charge >= 0.3 is 41.2 Å². The van der Waals surface area contributed by atoms with E-state index in [0.29, 0.717) is 4.57 Å². The van der Waals surface area contributed by atoms with Gasteiger partial charge in [-0.15, -0.1) is 13.2 Å². The summed E-state index contributed by atoms with van der Waals surface area (Å²) < 4.78 is 150. The zero-order chi connectivity index (χ0) is 57.0. The van der Waals surface area contributed by atoms with E-state index in [4.69, 9.17) is 48.5 Å². The molecule has 0 saturated carbocycles. The number of aliphatic hydroxyl groups is 3. The van der Waals surface area contributed by atoms with E-state index in [1.54, 1.807) is 0 Å². The third-order valence-corrected chi connectivity index (χ3v) is 17.1. The van der Waals surface area contributed by atoms with Gasteiger partial charge in [-0.3, -0.25) is 51.6 Å². The second-order valence-corrected chi connectivity index (χ2v) is 22.9. The Balaban J connectivity index is 0.948. The summed E-state index contributed by atoms with van der Waals surface area (Å²) in [5.41, 5.74) is 8.61. The van der Waals surface area contributed by atoms with Crippen LogP contribution in [0.15, 0.2) is 45.6 Å². The number of aliphatic hydroxyl groups excluding tert-OH is 3. The molecule has 8 heterocycles. The number of anilines is 2. The van der Waals surface area contributed by atoms with Gasteiger partial charge in [0.05, 0.1) is 45.9 Å². The highest BCUT2D eigenvalue weighted by molar-refractivity contribution is 7.66. The van der Waals surface area contributed by atoms with Crippen LogP contribution >= 0.6 is 31.3 Å². The summed E-state index contributed by atoms with van der Waals surface area (Å²) in [5, 5.41) is 32.5. The van der Waals surface area contributed by atoms with E-state index >= 15 is 0 Å². The molecule has 0 amide bonds. The normalized spacial score (nSPS) is 29.9. The molecule has 8 rings (SSSR count). The molecule has 0 bridgehead atoms. The van der Waals surface area contributed by atoms with E-state index in [1.807, 2.05) is 4.98 Å². The number of rotatable bonds is 22. The van der Waals surface area contributed by atoms with E-state index < -0.39 is 161 Å². The van der Waals surface area contributed by atoms with Crippen LogP contribution in [0.3, 0.4) is 0 Å². The molecule has 0 radical (unpaired) electrons. The highest BCUT2D eigenvalue weighted by Crippen LogP contribution is 2.68. The van der Waals surface area contributed by atoms with E-state index in [0.717, 1.165) is 41.2 Å². The molecular weight excluding hydrogens is 1160 g/mol. The first kappa shape index (κ1) is 59.3. The van der Waals surface area contributed by atoms with Crippen LogP contribution in [0.5, 0.6) is 0 Å². The number of nitrogens with zero attached hydrogens (tertiary/aromatic N) is 8. The number of fused-ring (bicyclic) bond motifs is 2. The van der Waals surface area contributed by atoms with Crippen molar-refractivity contribution in [3.05, 3.63) is 62.4 Å². The van der Waals surface area contributed by atoms with Crippen molar-refractivity contribution in [3.8, 4) is 0 Å². The fraction of sp³-hybridized carbons (Fsp3) is 0.588. The second kappa shape index (κ2) is 22.6. The van der Waals surface area contributed by atoms with Gasteiger partial charge in [-0.05, 0) is 6.42 Å². The maximum absolute atomic E-state index is 13.5. The van der Waals surface area contributed by atoms with Crippen molar-refractivity contribution in [2.45, 2.75) is 80.3 Å². The number of H-pyrrole nitrogens is 2. The van der Waals surface area contributed by atoms with Crippen molar-refractivity contribution in [2.75, 3.05) is 45.0 Å². The molecule has 78 heavy (non-hydrogen) atoms. The fourth-order valence-electron chi connectivity index (χ4n) is 8.53. The third kappa shape index (κ3) is 13.2. The number of ether oxygens (including phenoxy) is 5. The third-order valence-electron chi connectivity index (χ3n) is 11.8.